The van der Waals surface area contributed by atoms with E-state index in [0.29, 0.717) is 13.0 Å². The van der Waals surface area contributed by atoms with E-state index in [1.165, 1.54) is 0 Å². The van der Waals surface area contributed by atoms with Gasteiger partial charge in [0.15, 0.2) is 0 Å². The maximum Gasteiger partial charge on any atom is 0.264 e. The summed E-state index contributed by atoms with van der Waals surface area (Å²) in [4.78, 5) is 12.7. The van der Waals surface area contributed by atoms with Crippen LogP contribution in [0.3, 0.4) is 0 Å². The highest BCUT2D eigenvalue weighted by Gasteiger charge is 2.09. The van der Waals surface area contributed by atoms with Gasteiger partial charge in [0.05, 0.1) is 5.75 Å². The van der Waals surface area contributed by atoms with Crippen LogP contribution in [0.15, 0.2) is 0 Å². The van der Waals surface area contributed by atoms with Gasteiger partial charge < -0.3 is 9.69 Å². The molecule has 0 bridgehead atoms. The second-order valence-corrected chi connectivity index (χ2v) is 5.99. The smallest absolute Gasteiger partial charge is 0.264 e. The van der Waals surface area contributed by atoms with Crippen molar-refractivity contribution in [2.24, 2.45) is 5.92 Å². The Morgan fingerprint density at radius 1 is 1.29 bits per heavy atom. The van der Waals surface area contributed by atoms with Crippen LogP contribution >= 0.6 is 0 Å². The molecule has 0 aromatic rings. The van der Waals surface area contributed by atoms with Gasteiger partial charge in [0.25, 0.3) is 10.1 Å². The largest absolute Gasteiger partial charge is 0.306 e. The summed E-state index contributed by atoms with van der Waals surface area (Å²) in [5, 5.41) is 0. The minimum atomic E-state index is -3.85. The van der Waals surface area contributed by atoms with Crippen molar-refractivity contribution in [1.82, 2.24) is 4.90 Å². The summed E-state index contributed by atoms with van der Waals surface area (Å²) in [7, 11) is -1.96. The molecular formula is C11H23NO4S. The van der Waals surface area contributed by atoms with Crippen LogP contribution in [0.5, 0.6) is 0 Å². The minimum Gasteiger partial charge on any atom is -0.306 e. The van der Waals surface area contributed by atoms with E-state index in [1.807, 2.05) is 18.9 Å². The number of rotatable bonds is 10. The molecule has 0 aromatic heterocycles. The molecule has 0 rings (SSSR count). The van der Waals surface area contributed by atoms with Gasteiger partial charge in [-0.2, -0.15) is 8.42 Å². The summed E-state index contributed by atoms with van der Waals surface area (Å²) in [5.41, 5.74) is 0. The lowest BCUT2D eigenvalue weighted by Crippen LogP contribution is -2.24. The van der Waals surface area contributed by atoms with Gasteiger partial charge in [-0.05, 0) is 39.4 Å². The number of hydrogen-bond donors (Lipinski definition) is 1. The van der Waals surface area contributed by atoms with Crippen molar-refractivity contribution in [3.8, 4) is 0 Å². The molecule has 0 saturated heterocycles. The molecule has 6 heteroatoms. The predicted octanol–water partition coefficient (Wildman–Crippen LogP) is 1.20. The van der Waals surface area contributed by atoms with Crippen LogP contribution in [0.2, 0.25) is 0 Å². The first-order chi connectivity index (χ1) is 7.89. The Hall–Kier alpha value is -0.460. The molecular weight excluding hydrogens is 242 g/mol. The van der Waals surface area contributed by atoms with Crippen molar-refractivity contribution in [1.29, 1.82) is 0 Å². The zero-order valence-corrected chi connectivity index (χ0v) is 11.4. The lowest BCUT2D eigenvalue weighted by atomic mass is 10.0. The molecule has 0 amide bonds. The number of hydrogen-bond acceptors (Lipinski definition) is 4. The Kier molecular flexibility index (Phi) is 8.37. The molecule has 0 aliphatic heterocycles. The fraction of sp³-hybridized carbons (Fsp3) is 0.909. The summed E-state index contributed by atoms with van der Waals surface area (Å²) < 4.78 is 29.6. The lowest BCUT2D eigenvalue weighted by molar-refractivity contribution is -0.111. The van der Waals surface area contributed by atoms with Crippen LogP contribution in [0.25, 0.3) is 0 Å². The zero-order chi connectivity index (χ0) is 13.3. The van der Waals surface area contributed by atoms with Crippen LogP contribution in [0, 0.1) is 5.92 Å². The molecule has 102 valence electrons. The van der Waals surface area contributed by atoms with Crippen LogP contribution in [-0.4, -0.2) is 50.0 Å². The van der Waals surface area contributed by atoms with Crippen LogP contribution < -0.4 is 0 Å². The van der Waals surface area contributed by atoms with E-state index in [2.05, 4.69) is 0 Å². The van der Waals surface area contributed by atoms with Gasteiger partial charge in [-0.1, -0.05) is 13.3 Å². The quantitative estimate of drug-likeness (QED) is 0.474. The fourth-order valence-electron chi connectivity index (χ4n) is 1.67. The van der Waals surface area contributed by atoms with Gasteiger partial charge in [0.1, 0.15) is 6.29 Å². The SMILES string of the molecule is CCCC(C=O)CCN(C)CCCS(=O)(=O)O. The summed E-state index contributed by atoms with van der Waals surface area (Å²) in [6, 6.07) is 0. The Balaban J connectivity index is 3.71. The third-order valence-electron chi connectivity index (χ3n) is 2.68. The Morgan fingerprint density at radius 2 is 1.94 bits per heavy atom. The monoisotopic (exact) mass is 265 g/mol. The molecule has 17 heavy (non-hydrogen) atoms. The van der Waals surface area contributed by atoms with Crippen LogP contribution in [-0.2, 0) is 14.9 Å². The Morgan fingerprint density at radius 3 is 2.41 bits per heavy atom. The molecule has 1 atom stereocenters. The minimum absolute atomic E-state index is 0.101. The molecule has 0 spiro atoms. The van der Waals surface area contributed by atoms with Crippen molar-refractivity contribution < 1.29 is 17.8 Å². The van der Waals surface area contributed by atoms with E-state index < -0.39 is 10.1 Å². The van der Waals surface area contributed by atoms with Crippen molar-refractivity contribution in [3.63, 3.8) is 0 Å². The van der Waals surface area contributed by atoms with E-state index in [1.54, 1.807) is 0 Å². The highest BCUT2D eigenvalue weighted by atomic mass is 32.2. The van der Waals surface area contributed by atoms with Gasteiger partial charge in [-0.15, -0.1) is 0 Å². The summed E-state index contributed by atoms with van der Waals surface area (Å²) in [5.74, 6) is -0.104. The van der Waals surface area contributed by atoms with E-state index in [9.17, 15) is 13.2 Å². The second-order valence-electron chi connectivity index (χ2n) is 4.42. The van der Waals surface area contributed by atoms with Gasteiger partial charge >= 0.3 is 0 Å². The average molecular weight is 265 g/mol. The first-order valence-electron chi connectivity index (χ1n) is 5.98. The lowest BCUT2D eigenvalue weighted by Gasteiger charge is -2.18. The fourth-order valence-corrected chi connectivity index (χ4v) is 2.16. The third-order valence-corrected chi connectivity index (χ3v) is 3.48. The molecule has 1 unspecified atom stereocenters. The molecule has 1 N–H and O–H groups in total. The van der Waals surface area contributed by atoms with Gasteiger partial charge in [-0.25, -0.2) is 0 Å². The molecule has 0 saturated carbocycles. The number of nitrogens with zero attached hydrogens (tertiary/aromatic N) is 1. The van der Waals surface area contributed by atoms with E-state index in [0.717, 1.165) is 32.1 Å². The third kappa shape index (κ3) is 10.4. The normalized spacial score (nSPS) is 13.9. The maximum absolute atomic E-state index is 10.7. The summed E-state index contributed by atoms with van der Waals surface area (Å²) in [6.45, 7) is 3.43. The maximum atomic E-state index is 10.7. The van der Waals surface area contributed by atoms with E-state index in [4.69, 9.17) is 4.55 Å². The Labute approximate surface area is 104 Å². The van der Waals surface area contributed by atoms with Gasteiger partial charge in [0.2, 0.25) is 0 Å². The molecule has 0 aliphatic rings. The first kappa shape index (κ1) is 16.5. The number of aldehydes is 1. The van der Waals surface area contributed by atoms with Crippen molar-refractivity contribution >= 4 is 16.4 Å². The second kappa shape index (κ2) is 8.60. The van der Waals surface area contributed by atoms with Crippen LogP contribution in [0.4, 0.5) is 0 Å². The van der Waals surface area contributed by atoms with Crippen molar-refractivity contribution in [2.75, 3.05) is 25.9 Å². The molecule has 0 aliphatic carbocycles. The average Bonchev–Trinajstić information content (AvgIpc) is 2.22. The van der Waals surface area contributed by atoms with Crippen molar-refractivity contribution in [3.05, 3.63) is 0 Å². The highest BCUT2D eigenvalue weighted by molar-refractivity contribution is 7.85. The number of carbonyl (C=O) groups excluding carboxylic acids is 1. The standard InChI is InChI=1S/C11H23NO4S/c1-3-5-11(10-13)6-8-12(2)7-4-9-17(14,15)16/h10-11H,3-9H2,1-2H3,(H,14,15,16). The Bertz CT molecular complexity index is 303. The number of carbonyl (C=O) groups is 1. The molecule has 5 nitrogen and oxygen atoms in total. The van der Waals surface area contributed by atoms with Gasteiger partial charge in [0, 0.05) is 5.92 Å². The first-order valence-corrected chi connectivity index (χ1v) is 7.59. The zero-order valence-electron chi connectivity index (χ0n) is 10.6. The van der Waals surface area contributed by atoms with Crippen LogP contribution in [0.1, 0.15) is 32.6 Å². The van der Waals surface area contributed by atoms with E-state index >= 15 is 0 Å². The predicted molar refractivity (Wildman–Crippen MR) is 67.6 cm³/mol. The summed E-state index contributed by atoms with van der Waals surface area (Å²) >= 11 is 0. The van der Waals surface area contributed by atoms with Crippen molar-refractivity contribution in [2.45, 2.75) is 32.6 Å². The van der Waals surface area contributed by atoms with E-state index in [-0.39, 0.29) is 11.7 Å². The molecule has 0 fully saturated rings. The molecule has 0 heterocycles. The van der Waals surface area contributed by atoms with Gasteiger partial charge in [-0.3, -0.25) is 4.55 Å². The molecule has 0 radical (unpaired) electrons. The topological polar surface area (TPSA) is 74.7 Å². The molecule has 0 aromatic carbocycles. The highest BCUT2D eigenvalue weighted by Crippen LogP contribution is 2.08. The summed E-state index contributed by atoms with van der Waals surface area (Å²) in [6.07, 6.45) is 4.11.